The summed E-state index contributed by atoms with van der Waals surface area (Å²) < 4.78 is 19.3. The zero-order chi connectivity index (χ0) is 16.8. The monoisotopic (exact) mass is 323 g/mol. The van der Waals surface area contributed by atoms with Crippen molar-refractivity contribution in [1.29, 1.82) is 0 Å². The van der Waals surface area contributed by atoms with E-state index in [2.05, 4.69) is 17.1 Å². The summed E-state index contributed by atoms with van der Waals surface area (Å²) in [6.07, 6.45) is 0.957. The van der Waals surface area contributed by atoms with E-state index in [0.717, 1.165) is 32.6 Å². The van der Waals surface area contributed by atoms with E-state index in [1.165, 1.54) is 13.2 Å². The molecule has 2 amide bonds. The standard InChI is InChI=1S/C17H26FN3O2/c1-4-20-9-6-10-21(12-11-20)17(22)19-13(2)16-14(18)7-5-8-15(16)23-3/h5,7-8,13H,4,6,9-12H2,1-3H3,(H,19,22). The Kier molecular flexibility index (Phi) is 6.21. The third kappa shape index (κ3) is 4.34. The molecule has 1 atom stereocenters. The maximum absolute atomic E-state index is 14.1. The fraction of sp³-hybridized carbons (Fsp3) is 0.588. The first kappa shape index (κ1) is 17.5. The molecule has 6 heteroatoms. The zero-order valence-corrected chi connectivity index (χ0v) is 14.1. The molecule has 128 valence electrons. The first-order valence-corrected chi connectivity index (χ1v) is 8.17. The number of amides is 2. The Balaban J connectivity index is 2.02. The quantitative estimate of drug-likeness (QED) is 0.926. The van der Waals surface area contributed by atoms with Gasteiger partial charge in [0.05, 0.1) is 18.7 Å². The van der Waals surface area contributed by atoms with Gasteiger partial charge >= 0.3 is 6.03 Å². The number of methoxy groups -OCH3 is 1. The van der Waals surface area contributed by atoms with E-state index < -0.39 is 6.04 Å². The Morgan fingerprint density at radius 1 is 1.35 bits per heavy atom. The molecule has 0 radical (unpaired) electrons. The maximum atomic E-state index is 14.1. The van der Waals surface area contributed by atoms with Crippen molar-refractivity contribution in [2.24, 2.45) is 0 Å². The van der Waals surface area contributed by atoms with Crippen molar-refractivity contribution in [3.63, 3.8) is 0 Å². The molecule has 1 N–H and O–H groups in total. The fourth-order valence-corrected chi connectivity index (χ4v) is 2.95. The molecule has 0 spiro atoms. The Morgan fingerprint density at radius 2 is 2.13 bits per heavy atom. The first-order chi connectivity index (χ1) is 11.1. The third-order valence-corrected chi connectivity index (χ3v) is 4.33. The number of likely N-dealkylation sites (N-methyl/N-ethyl adjacent to an activating group) is 1. The van der Waals surface area contributed by atoms with Crippen LogP contribution in [0.3, 0.4) is 0 Å². The Hall–Kier alpha value is -1.82. The van der Waals surface area contributed by atoms with Gasteiger partial charge in [-0.05, 0) is 38.6 Å². The predicted octanol–water partition coefficient (Wildman–Crippen LogP) is 2.63. The van der Waals surface area contributed by atoms with E-state index in [-0.39, 0.29) is 11.8 Å². The van der Waals surface area contributed by atoms with E-state index in [4.69, 9.17) is 4.74 Å². The van der Waals surface area contributed by atoms with Gasteiger partial charge in [-0.1, -0.05) is 13.0 Å². The lowest BCUT2D eigenvalue weighted by atomic mass is 10.1. The number of nitrogens with one attached hydrogen (secondary N) is 1. The van der Waals surface area contributed by atoms with Crippen LogP contribution in [-0.4, -0.2) is 55.7 Å². The lowest BCUT2D eigenvalue weighted by Crippen LogP contribution is -2.43. The van der Waals surface area contributed by atoms with Gasteiger partial charge in [0.25, 0.3) is 0 Å². The second kappa shape index (κ2) is 8.15. The average Bonchev–Trinajstić information content (AvgIpc) is 2.79. The molecular formula is C17H26FN3O2. The van der Waals surface area contributed by atoms with E-state index in [1.807, 2.05) is 0 Å². The predicted molar refractivity (Wildman–Crippen MR) is 88.2 cm³/mol. The summed E-state index contributed by atoms with van der Waals surface area (Å²) in [4.78, 5) is 16.6. The molecule has 0 bridgehead atoms. The largest absolute Gasteiger partial charge is 0.496 e. The van der Waals surface area contributed by atoms with Gasteiger partial charge in [0.2, 0.25) is 0 Å². The Morgan fingerprint density at radius 3 is 2.83 bits per heavy atom. The number of ether oxygens (including phenoxy) is 1. The van der Waals surface area contributed by atoms with E-state index in [1.54, 1.807) is 24.0 Å². The number of nitrogens with zero attached hydrogens (tertiary/aromatic N) is 2. The molecule has 1 aliphatic rings. The van der Waals surface area contributed by atoms with Crippen molar-refractivity contribution in [1.82, 2.24) is 15.1 Å². The van der Waals surface area contributed by atoms with Crippen LogP contribution in [0, 0.1) is 5.82 Å². The van der Waals surface area contributed by atoms with Crippen LogP contribution in [0.1, 0.15) is 31.9 Å². The first-order valence-electron chi connectivity index (χ1n) is 8.17. The highest BCUT2D eigenvalue weighted by Crippen LogP contribution is 2.27. The summed E-state index contributed by atoms with van der Waals surface area (Å²) in [5.74, 6) is 0.0796. The van der Waals surface area contributed by atoms with Crippen LogP contribution in [0.4, 0.5) is 9.18 Å². The SMILES string of the molecule is CCN1CCCN(C(=O)NC(C)c2c(F)cccc2OC)CC1. The van der Waals surface area contributed by atoms with Gasteiger partial charge < -0.3 is 19.9 Å². The fourth-order valence-electron chi connectivity index (χ4n) is 2.95. The van der Waals surface area contributed by atoms with Gasteiger partial charge in [-0.3, -0.25) is 0 Å². The van der Waals surface area contributed by atoms with Crippen molar-refractivity contribution in [2.45, 2.75) is 26.3 Å². The summed E-state index contributed by atoms with van der Waals surface area (Å²) >= 11 is 0. The topological polar surface area (TPSA) is 44.8 Å². The van der Waals surface area contributed by atoms with E-state index in [9.17, 15) is 9.18 Å². The van der Waals surface area contributed by atoms with Crippen molar-refractivity contribution >= 4 is 6.03 Å². The minimum Gasteiger partial charge on any atom is -0.496 e. The van der Waals surface area contributed by atoms with Crippen molar-refractivity contribution < 1.29 is 13.9 Å². The van der Waals surface area contributed by atoms with Crippen LogP contribution in [-0.2, 0) is 0 Å². The van der Waals surface area contributed by atoms with Gasteiger partial charge in [-0.15, -0.1) is 0 Å². The second-order valence-corrected chi connectivity index (χ2v) is 5.80. The number of carbonyl (C=O) groups is 1. The highest BCUT2D eigenvalue weighted by atomic mass is 19.1. The average molecular weight is 323 g/mol. The molecular weight excluding hydrogens is 297 g/mol. The van der Waals surface area contributed by atoms with Crippen molar-refractivity contribution in [3.05, 3.63) is 29.6 Å². The summed E-state index contributed by atoms with van der Waals surface area (Å²) in [7, 11) is 1.50. The van der Waals surface area contributed by atoms with Gasteiger partial charge in [0.1, 0.15) is 11.6 Å². The summed E-state index contributed by atoms with van der Waals surface area (Å²) in [6, 6.07) is 4.07. The van der Waals surface area contributed by atoms with Gasteiger partial charge in [0, 0.05) is 19.6 Å². The number of benzene rings is 1. The molecule has 1 heterocycles. The number of carbonyl (C=O) groups excluding carboxylic acids is 1. The second-order valence-electron chi connectivity index (χ2n) is 5.80. The van der Waals surface area contributed by atoms with E-state index >= 15 is 0 Å². The van der Waals surface area contributed by atoms with Crippen LogP contribution in [0.5, 0.6) is 5.75 Å². The van der Waals surface area contributed by atoms with Gasteiger partial charge in [0.15, 0.2) is 0 Å². The molecule has 1 unspecified atom stereocenters. The van der Waals surface area contributed by atoms with Gasteiger partial charge in [-0.2, -0.15) is 0 Å². The minimum absolute atomic E-state index is 0.152. The number of rotatable bonds is 4. The van der Waals surface area contributed by atoms with E-state index in [0.29, 0.717) is 17.9 Å². The summed E-state index contributed by atoms with van der Waals surface area (Å²) in [5, 5.41) is 2.89. The molecule has 1 aromatic rings. The Labute approximate surface area is 137 Å². The van der Waals surface area contributed by atoms with Crippen LogP contribution in [0.2, 0.25) is 0 Å². The van der Waals surface area contributed by atoms with Crippen LogP contribution in [0.15, 0.2) is 18.2 Å². The number of halogens is 1. The third-order valence-electron chi connectivity index (χ3n) is 4.33. The normalized spacial score (nSPS) is 17.5. The Bertz CT molecular complexity index is 539. The molecule has 0 aliphatic carbocycles. The molecule has 5 nitrogen and oxygen atoms in total. The molecule has 1 saturated heterocycles. The number of hydrogen-bond acceptors (Lipinski definition) is 3. The lowest BCUT2D eigenvalue weighted by Gasteiger charge is -2.25. The molecule has 0 saturated carbocycles. The van der Waals surface area contributed by atoms with Crippen molar-refractivity contribution in [3.8, 4) is 5.75 Å². The van der Waals surface area contributed by atoms with Gasteiger partial charge in [-0.25, -0.2) is 9.18 Å². The van der Waals surface area contributed by atoms with Crippen molar-refractivity contribution in [2.75, 3.05) is 39.8 Å². The molecule has 1 aliphatic heterocycles. The zero-order valence-electron chi connectivity index (χ0n) is 14.1. The number of hydrogen-bond donors (Lipinski definition) is 1. The molecule has 1 fully saturated rings. The maximum Gasteiger partial charge on any atom is 0.317 e. The summed E-state index contributed by atoms with van der Waals surface area (Å²) in [6.45, 7) is 8.21. The summed E-state index contributed by atoms with van der Waals surface area (Å²) in [5.41, 5.74) is 0.383. The lowest BCUT2D eigenvalue weighted by molar-refractivity contribution is 0.195. The minimum atomic E-state index is -0.454. The van der Waals surface area contributed by atoms with Crippen LogP contribution in [0.25, 0.3) is 0 Å². The molecule has 1 aromatic carbocycles. The highest BCUT2D eigenvalue weighted by molar-refractivity contribution is 5.75. The van der Waals surface area contributed by atoms with Crippen LogP contribution < -0.4 is 10.1 Å². The van der Waals surface area contributed by atoms with Crippen LogP contribution >= 0.6 is 0 Å². The molecule has 2 rings (SSSR count). The smallest absolute Gasteiger partial charge is 0.317 e. The highest BCUT2D eigenvalue weighted by Gasteiger charge is 2.23. The molecule has 23 heavy (non-hydrogen) atoms. The molecule has 0 aromatic heterocycles. The number of urea groups is 1.